The average molecular weight is 309 g/mol. The van der Waals surface area contributed by atoms with Gasteiger partial charge >= 0.3 is 11.2 Å². The summed E-state index contributed by atoms with van der Waals surface area (Å²) >= 11 is 17.6. The molecule has 2 aromatic rings. The second kappa shape index (κ2) is 4.64. The van der Waals surface area contributed by atoms with Crippen LogP contribution in [-0.2, 0) is 0 Å². The lowest BCUT2D eigenvalue weighted by Crippen LogP contribution is -2.17. The van der Waals surface area contributed by atoms with E-state index in [4.69, 9.17) is 34.8 Å². The van der Waals surface area contributed by atoms with Gasteiger partial charge in [-0.15, -0.1) is 0 Å². The summed E-state index contributed by atoms with van der Waals surface area (Å²) in [6.07, 6.45) is 0.962. The molecule has 1 aromatic heterocycles. The highest BCUT2D eigenvalue weighted by atomic mass is 35.5. The summed E-state index contributed by atoms with van der Waals surface area (Å²) in [6, 6.07) is 2.76. The van der Waals surface area contributed by atoms with Crippen LogP contribution in [0.2, 0.25) is 15.1 Å². The van der Waals surface area contributed by atoms with Gasteiger partial charge in [0.1, 0.15) is 11.9 Å². The van der Waals surface area contributed by atoms with Gasteiger partial charge in [0.2, 0.25) is 0 Å². The zero-order valence-corrected chi connectivity index (χ0v) is 10.8. The van der Waals surface area contributed by atoms with Crippen LogP contribution in [0.15, 0.2) is 23.1 Å². The predicted molar refractivity (Wildman–Crippen MR) is 68.1 cm³/mol. The number of rotatable bonds is 2. The third-order valence-corrected chi connectivity index (χ3v) is 2.95. The van der Waals surface area contributed by atoms with Crippen molar-refractivity contribution < 1.29 is 4.92 Å². The Morgan fingerprint density at radius 3 is 2.22 bits per heavy atom. The summed E-state index contributed by atoms with van der Waals surface area (Å²) in [5, 5.41) is 13.5. The first-order chi connectivity index (χ1) is 8.41. The van der Waals surface area contributed by atoms with E-state index in [0.717, 1.165) is 10.9 Å². The number of halogens is 3. The van der Waals surface area contributed by atoms with Gasteiger partial charge in [0.15, 0.2) is 0 Å². The molecule has 18 heavy (non-hydrogen) atoms. The zero-order valence-electron chi connectivity index (χ0n) is 8.49. The van der Waals surface area contributed by atoms with Crippen molar-refractivity contribution in [2.75, 3.05) is 0 Å². The van der Waals surface area contributed by atoms with E-state index in [2.05, 4.69) is 5.10 Å². The van der Waals surface area contributed by atoms with Crippen molar-refractivity contribution in [2.45, 2.75) is 0 Å². The monoisotopic (exact) mass is 307 g/mol. The van der Waals surface area contributed by atoms with E-state index < -0.39 is 16.2 Å². The highest BCUT2D eigenvalue weighted by Crippen LogP contribution is 2.31. The number of nitrogens with one attached hydrogen (secondary N) is 1. The molecular formula is C9H4Cl3N3O3. The molecule has 0 unspecified atom stereocenters. The first kappa shape index (κ1) is 12.9. The molecule has 1 N–H and O–H groups in total. The number of hydrogen-bond donors (Lipinski definition) is 1. The number of nitrogens with zero attached hydrogens (tertiary/aromatic N) is 2. The van der Waals surface area contributed by atoms with Gasteiger partial charge in [-0.25, -0.2) is 4.68 Å². The van der Waals surface area contributed by atoms with Crippen LogP contribution in [-0.4, -0.2) is 14.7 Å². The minimum Gasteiger partial charge on any atom is -0.291 e. The van der Waals surface area contributed by atoms with E-state index >= 15 is 0 Å². The van der Waals surface area contributed by atoms with E-state index in [1.807, 2.05) is 0 Å². The molecule has 0 bridgehead atoms. The normalized spacial score (nSPS) is 10.6. The second-order valence-corrected chi connectivity index (χ2v) is 4.53. The summed E-state index contributed by atoms with van der Waals surface area (Å²) in [4.78, 5) is 21.5. The molecule has 9 heteroatoms. The molecule has 0 fully saturated rings. The molecular weight excluding hydrogens is 304 g/mol. The molecule has 0 aliphatic rings. The Labute approximate surface area is 115 Å². The van der Waals surface area contributed by atoms with E-state index in [1.54, 1.807) is 0 Å². The summed E-state index contributed by atoms with van der Waals surface area (Å²) in [5.41, 5.74) is -1.34. The van der Waals surface area contributed by atoms with Crippen LogP contribution in [0.25, 0.3) is 5.69 Å². The van der Waals surface area contributed by atoms with Crippen molar-refractivity contribution in [3.8, 4) is 5.69 Å². The number of H-pyrrole nitrogens is 1. The van der Waals surface area contributed by atoms with Crippen molar-refractivity contribution in [3.63, 3.8) is 0 Å². The van der Waals surface area contributed by atoms with Gasteiger partial charge in [-0.1, -0.05) is 34.8 Å². The average Bonchev–Trinajstić information content (AvgIpc) is 2.59. The van der Waals surface area contributed by atoms with Gasteiger partial charge in [0.05, 0.1) is 15.0 Å². The number of benzene rings is 1. The topological polar surface area (TPSA) is 80.9 Å². The third-order valence-electron chi connectivity index (χ3n) is 2.15. The van der Waals surface area contributed by atoms with Crippen molar-refractivity contribution >= 4 is 40.5 Å². The molecule has 94 valence electrons. The van der Waals surface area contributed by atoms with Crippen LogP contribution in [0.5, 0.6) is 0 Å². The van der Waals surface area contributed by atoms with Crippen LogP contribution < -0.4 is 5.56 Å². The van der Waals surface area contributed by atoms with Gasteiger partial charge in [0, 0.05) is 5.02 Å². The number of nitro groups is 1. The van der Waals surface area contributed by atoms with Crippen molar-refractivity contribution in [1.82, 2.24) is 9.78 Å². The highest BCUT2D eigenvalue weighted by Gasteiger charge is 2.20. The van der Waals surface area contributed by atoms with Crippen molar-refractivity contribution in [2.24, 2.45) is 0 Å². The van der Waals surface area contributed by atoms with Crippen LogP contribution in [0, 0.1) is 10.1 Å². The Kier molecular flexibility index (Phi) is 3.34. The Balaban J connectivity index is 2.71. The first-order valence-corrected chi connectivity index (χ1v) is 5.65. The fourth-order valence-corrected chi connectivity index (χ4v) is 2.39. The largest absolute Gasteiger partial charge is 0.353 e. The minimum atomic E-state index is -0.855. The summed E-state index contributed by atoms with van der Waals surface area (Å²) < 4.78 is 0.888. The van der Waals surface area contributed by atoms with Gasteiger partial charge in [-0.3, -0.25) is 20.0 Å². The Morgan fingerprint density at radius 2 is 1.78 bits per heavy atom. The van der Waals surface area contributed by atoms with E-state index in [9.17, 15) is 14.9 Å². The molecule has 0 atom stereocenters. The lowest BCUT2D eigenvalue weighted by Gasteiger charge is -2.06. The molecule has 0 spiro atoms. The van der Waals surface area contributed by atoms with E-state index in [0.29, 0.717) is 5.02 Å². The molecule has 0 saturated heterocycles. The Bertz CT molecular complexity index is 669. The van der Waals surface area contributed by atoms with Gasteiger partial charge in [-0.05, 0) is 12.1 Å². The van der Waals surface area contributed by atoms with Crippen LogP contribution in [0.3, 0.4) is 0 Å². The molecule has 0 amide bonds. The molecule has 1 heterocycles. The molecule has 0 aliphatic heterocycles. The SMILES string of the molecule is O=c1c([N+](=O)[O-])c[nH]n1-c1c(Cl)cc(Cl)cc1Cl. The number of hydrogen-bond acceptors (Lipinski definition) is 3. The number of aromatic nitrogens is 2. The molecule has 0 aliphatic carbocycles. The fourth-order valence-electron chi connectivity index (χ4n) is 1.41. The molecule has 2 rings (SSSR count). The van der Waals surface area contributed by atoms with E-state index in [1.165, 1.54) is 12.1 Å². The lowest BCUT2D eigenvalue weighted by atomic mass is 10.3. The maximum absolute atomic E-state index is 11.7. The standard InChI is InChI=1S/C9H4Cl3N3O3/c10-4-1-5(11)8(6(12)2-4)14-9(16)7(3-13-14)15(17)18/h1-3,13H. The van der Waals surface area contributed by atoms with Crippen LogP contribution in [0.1, 0.15) is 0 Å². The zero-order chi connectivity index (χ0) is 13.4. The maximum atomic E-state index is 11.7. The smallest absolute Gasteiger partial charge is 0.291 e. The minimum absolute atomic E-state index is 0.103. The van der Waals surface area contributed by atoms with Crippen molar-refractivity contribution in [1.29, 1.82) is 0 Å². The molecule has 0 saturated carbocycles. The predicted octanol–water partition coefficient (Wildman–Crippen LogP) is 3.03. The molecule has 0 radical (unpaired) electrons. The van der Waals surface area contributed by atoms with Crippen molar-refractivity contribution in [3.05, 3.63) is 53.9 Å². The Morgan fingerprint density at radius 1 is 1.22 bits per heavy atom. The number of aromatic amines is 1. The maximum Gasteiger partial charge on any atom is 0.353 e. The molecule has 1 aromatic carbocycles. The lowest BCUT2D eigenvalue weighted by molar-refractivity contribution is -0.386. The van der Waals surface area contributed by atoms with E-state index in [-0.39, 0.29) is 15.7 Å². The van der Waals surface area contributed by atoms with Crippen LogP contribution >= 0.6 is 34.8 Å². The summed E-state index contributed by atoms with van der Waals surface area (Å²) in [6.45, 7) is 0. The van der Waals surface area contributed by atoms with Crippen LogP contribution in [0.4, 0.5) is 5.69 Å². The quantitative estimate of drug-likeness (QED) is 0.684. The fraction of sp³-hybridized carbons (Fsp3) is 0. The molecule has 6 nitrogen and oxygen atoms in total. The van der Waals surface area contributed by atoms with Gasteiger partial charge < -0.3 is 0 Å². The first-order valence-electron chi connectivity index (χ1n) is 4.51. The van der Waals surface area contributed by atoms with Gasteiger partial charge in [0.25, 0.3) is 0 Å². The summed E-state index contributed by atoms with van der Waals surface area (Å²) in [5.74, 6) is 0. The highest BCUT2D eigenvalue weighted by molar-refractivity contribution is 6.40. The van der Waals surface area contributed by atoms with Gasteiger partial charge in [-0.2, -0.15) is 0 Å². The Hall–Kier alpha value is -1.50. The summed E-state index contributed by atoms with van der Waals surface area (Å²) in [7, 11) is 0. The third kappa shape index (κ3) is 2.10. The second-order valence-electron chi connectivity index (χ2n) is 3.27.